The summed E-state index contributed by atoms with van der Waals surface area (Å²) >= 11 is 0. The molecule has 0 bridgehead atoms. The maximum Gasteiger partial charge on any atom is 0.114 e. The molecule has 0 saturated carbocycles. The molecule has 156 valence electrons. The van der Waals surface area contributed by atoms with Crippen molar-refractivity contribution in [2.75, 3.05) is 0 Å². The summed E-state index contributed by atoms with van der Waals surface area (Å²) in [6, 6.07) is 32.6. The summed E-state index contributed by atoms with van der Waals surface area (Å²) in [6.45, 7) is 9.49. The topological polar surface area (TPSA) is 12.9 Å². The van der Waals surface area contributed by atoms with Gasteiger partial charge in [-0.25, -0.2) is 0 Å². The monoisotopic (exact) mass is 421 g/mol. The largest absolute Gasteiger partial charge is 0.256 e. The highest BCUT2D eigenvalue weighted by Gasteiger charge is 2.29. The lowest BCUT2D eigenvalue weighted by Gasteiger charge is -2.27. The van der Waals surface area contributed by atoms with Gasteiger partial charge in [0.15, 0.2) is 0 Å². The third-order valence-electron chi connectivity index (χ3n) is 6.05. The van der Waals surface area contributed by atoms with Gasteiger partial charge in [-0.3, -0.25) is 4.98 Å². The highest BCUT2D eigenvalue weighted by Crippen LogP contribution is 2.26. The summed E-state index contributed by atoms with van der Waals surface area (Å²) in [5.41, 5.74) is 6.16. The van der Waals surface area contributed by atoms with Gasteiger partial charge in [-0.15, -0.1) is 0 Å². The molecule has 0 aliphatic heterocycles. The molecule has 1 aromatic heterocycles. The molecule has 1 nitrogen and oxygen atoms in total. The lowest BCUT2D eigenvalue weighted by Crippen LogP contribution is -2.54. The van der Waals surface area contributed by atoms with E-state index in [0.29, 0.717) is 5.92 Å². The summed E-state index contributed by atoms with van der Waals surface area (Å²) < 4.78 is 0. The standard InChI is InChI=1S/C29H31NSi/c1-22(2)18-26-20-28(25-15-11-14-24(19-25)23-12-7-5-8-13-23)30-21-29(26)31(3,4)27-16-9-6-10-17-27/h5-17,19-22H,18H2,1-4H3. The lowest BCUT2D eigenvalue weighted by molar-refractivity contribution is 0.649. The molecule has 2 heteroatoms. The van der Waals surface area contributed by atoms with Gasteiger partial charge >= 0.3 is 0 Å². The average Bonchev–Trinajstić information content (AvgIpc) is 2.80. The number of aromatic nitrogens is 1. The van der Waals surface area contributed by atoms with Crippen LogP contribution in [0, 0.1) is 5.92 Å². The molecule has 1 heterocycles. The lowest BCUT2D eigenvalue weighted by atomic mass is 9.99. The van der Waals surface area contributed by atoms with E-state index in [9.17, 15) is 0 Å². The fraction of sp³-hybridized carbons (Fsp3) is 0.207. The maximum atomic E-state index is 4.98. The molecular weight excluding hydrogens is 390 g/mol. The second kappa shape index (κ2) is 9.03. The van der Waals surface area contributed by atoms with Gasteiger partial charge in [0.2, 0.25) is 0 Å². The van der Waals surface area contributed by atoms with Gasteiger partial charge in [0, 0.05) is 11.8 Å². The van der Waals surface area contributed by atoms with E-state index in [1.807, 2.05) is 0 Å². The zero-order valence-electron chi connectivity index (χ0n) is 19.0. The van der Waals surface area contributed by atoms with E-state index in [-0.39, 0.29) is 0 Å². The van der Waals surface area contributed by atoms with Crippen molar-refractivity contribution in [3.05, 3.63) is 103 Å². The van der Waals surface area contributed by atoms with Crippen molar-refractivity contribution in [2.45, 2.75) is 33.4 Å². The van der Waals surface area contributed by atoms with Gasteiger partial charge in [-0.05, 0) is 46.3 Å². The van der Waals surface area contributed by atoms with Gasteiger partial charge in [0.1, 0.15) is 8.07 Å². The van der Waals surface area contributed by atoms with Crippen LogP contribution in [0.5, 0.6) is 0 Å². The van der Waals surface area contributed by atoms with Crippen LogP contribution in [-0.2, 0) is 6.42 Å². The zero-order chi connectivity index (χ0) is 21.8. The predicted molar refractivity (Wildman–Crippen MR) is 137 cm³/mol. The first-order valence-electron chi connectivity index (χ1n) is 11.2. The van der Waals surface area contributed by atoms with Crippen LogP contribution in [0.25, 0.3) is 22.4 Å². The molecule has 0 amide bonds. The van der Waals surface area contributed by atoms with Crippen LogP contribution in [0.4, 0.5) is 0 Å². The Balaban J connectivity index is 1.78. The van der Waals surface area contributed by atoms with Crippen LogP contribution < -0.4 is 10.4 Å². The number of rotatable bonds is 6. The first kappa shape index (κ1) is 21.3. The van der Waals surface area contributed by atoms with Crippen molar-refractivity contribution in [1.82, 2.24) is 4.98 Å². The van der Waals surface area contributed by atoms with E-state index in [1.54, 1.807) is 0 Å². The molecule has 4 aromatic rings. The number of benzene rings is 3. The number of hydrogen-bond donors (Lipinski definition) is 0. The first-order chi connectivity index (χ1) is 14.9. The normalized spacial score (nSPS) is 11.6. The van der Waals surface area contributed by atoms with E-state index >= 15 is 0 Å². The van der Waals surface area contributed by atoms with E-state index < -0.39 is 8.07 Å². The van der Waals surface area contributed by atoms with Gasteiger partial charge < -0.3 is 0 Å². The Labute approximate surface area is 187 Å². The van der Waals surface area contributed by atoms with E-state index in [4.69, 9.17) is 4.98 Å². The molecule has 0 N–H and O–H groups in total. The Morgan fingerprint density at radius 3 is 2.00 bits per heavy atom. The van der Waals surface area contributed by atoms with E-state index in [1.165, 1.54) is 32.6 Å². The molecule has 4 rings (SSSR count). The Bertz CT molecular complexity index is 1150. The molecule has 3 aromatic carbocycles. The fourth-order valence-corrected chi connectivity index (χ4v) is 7.03. The second-order valence-corrected chi connectivity index (χ2v) is 13.6. The van der Waals surface area contributed by atoms with Crippen LogP contribution in [0.3, 0.4) is 0 Å². The molecule has 0 spiro atoms. The molecule has 0 unspecified atom stereocenters. The van der Waals surface area contributed by atoms with E-state index in [0.717, 1.165) is 12.1 Å². The Hall–Kier alpha value is -2.97. The van der Waals surface area contributed by atoms with Crippen molar-refractivity contribution >= 4 is 18.4 Å². The van der Waals surface area contributed by atoms with Crippen molar-refractivity contribution in [1.29, 1.82) is 0 Å². The highest BCUT2D eigenvalue weighted by molar-refractivity contribution is 7.00. The molecule has 0 aliphatic carbocycles. The Kier molecular flexibility index (Phi) is 6.19. The van der Waals surface area contributed by atoms with Gasteiger partial charge in [0.05, 0.1) is 5.69 Å². The van der Waals surface area contributed by atoms with Crippen LogP contribution in [0.2, 0.25) is 13.1 Å². The molecule has 0 fully saturated rings. The average molecular weight is 422 g/mol. The van der Waals surface area contributed by atoms with Crippen LogP contribution in [-0.4, -0.2) is 13.1 Å². The Morgan fingerprint density at radius 2 is 1.32 bits per heavy atom. The van der Waals surface area contributed by atoms with Crippen molar-refractivity contribution in [3.63, 3.8) is 0 Å². The minimum absolute atomic E-state index is 0.602. The third kappa shape index (κ3) is 4.70. The fourth-order valence-electron chi connectivity index (χ4n) is 4.33. The van der Waals surface area contributed by atoms with Gasteiger partial charge in [-0.2, -0.15) is 0 Å². The van der Waals surface area contributed by atoms with Crippen LogP contribution in [0.1, 0.15) is 19.4 Å². The maximum absolute atomic E-state index is 4.98. The molecule has 0 aliphatic rings. The van der Waals surface area contributed by atoms with Gasteiger partial charge in [-0.1, -0.05) is 111 Å². The predicted octanol–water partition coefficient (Wildman–Crippen LogP) is 6.44. The van der Waals surface area contributed by atoms with E-state index in [2.05, 4.69) is 124 Å². The van der Waals surface area contributed by atoms with Crippen LogP contribution >= 0.6 is 0 Å². The second-order valence-electron chi connectivity index (χ2n) is 9.26. The zero-order valence-corrected chi connectivity index (χ0v) is 20.0. The van der Waals surface area contributed by atoms with Crippen molar-refractivity contribution in [3.8, 4) is 22.4 Å². The van der Waals surface area contributed by atoms with Crippen LogP contribution in [0.15, 0.2) is 97.2 Å². The minimum atomic E-state index is -1.82. The SMILES string of the molecule is CC(C)Cc1cc(-c2cccc(-c3ccccc3)c2)ncc1[Si](C)(C)c1ccccc1. The molecule has 0 atom stereocenters. The highest BCUT2D eigenvalue weighted by atomic mass is 28.3. The smallest absolute Gasteiger partial charge is 0.114 e. The summed E-state index contributed by atoms with van der Waals surface area (Å²) in [6.07, 6.45) is 3.24. The number of pyridine rings is 1. The van der Waals surface area contributed by atoms with Crippen molar-refractivity contribution in [2.24, 2.45) is 5.92 Å². The van der Waals surface area contributed by atoms with Crippen molar-refractivity contribution < 1.29 is 0 Å². The minimum Gasteiger partial charge on any atom is -0.256 e. The number of hydrogen-bond acceptors (Lipinski definition) is 1. The Morgan fingerprint density at radius 1 is 0.710 bits per heavy atom. The summed E-state index contributed by atoms with van der Waals surface area (Å²) in [5.74, 6) is 0.602. The summed E-state index contributed by atoms with van der Waals surface area (Å²) in [5, 5.41) is 2.91. The first-order valence-corrected chi connectivity index (χ1v) is 14.2. The number of nitrogens with zero attached hydrogens (tertiary/aromatic N) is 1. The summed E-state index contributed by atoms with van der Waals surface area (Å²) in [7, 11) is -1.82. The molecular formula is C29H31NSi. The van der Waals surface area contributed by atoms with Gasteiger partial charge in [0.25, 0.3) is 0 Å². The molecule has 31 heavy (non-hydrogen) atoms. The quantitative estimate of drug-likeness (QED) is 0.327. The third-order valence-corrected chi connectivity index (χ3v) is 9.63. The summed E-state index contributed by atoms with van der Waals surface area (Å²) in [4.78, 5) is 4.98. The molecule has 0 saturated heterocycles. The molecule has 0 radical (unpaired) electrons.